The number of hydrogen-bond acceptors (Lipinski definition) is 5. The molecule has 0 bridgehead atoms. The van der Waals surface area contributed by atoms with Crippen molar-refractivity contribution in [3.05, 3.63) is 96.5 Å². The molecule has 1 rings (SSSR count). The summed E-state index contributed by atoms with van der Waals surface area (Å²) in [5.74, 6) is 0.507. The first-order valence-corrected chi connectivity index (χ1v) is 13.3. The lowest BCUT2D eigenvalue weighted by molar-refractivity contribution is -0.104. The van der Waals surface area contributed by atoms with Crippen molar-refractivity contribution in [3.8, 4) is 0 Å². The van der Waals surface area contributed by atoms with Gasteiger partial charge in [0.15, 0.2) is 6.29 Å². The third-order valence-electron chi connectivity index (χ3n) is 5.52. The van der Waals surface area contributed by atoms with Crippen molar-refractivity contribution < 1.29 is 14.6 Å². The Bertz CT molecular complexity index is 840. The summed E-state index contributed by atoms with van der Waals surface area (Å²) in [4.78, 5) is 14.2. The Balaban J connectivity index is -0.000000550. The van der Waals surface area contributed by atoms with E-state index in [9.17, 15) is 9.90 Å². The van der Waals surface area contributed by atoms with Gasteiger partial charge in [0, 0.05) is 51.3 Å². The molecule has 5 heteroatoms. The van der Waals surface area contributed by atoms with Gasteiger partial charge < -0.3 is 19.6 Å². The third-order valence-corrected chi connectivity index (χ3v) is 5.52. The highest BCUT2D eigenvalue weighted by molar-refractivity contribution is 5.79. The number of aldehydes is 1. The minimum atomic E-state index is -0.478. The number of methoxy groups -OCH3 is 1. The van der Waals surface area contributed by atoms with Gasteiger partial charge in [-0.2, -0.15) is 0 Å². The number of benzene rings is 1. The summed E-state index contributed by atoms with van der Waals surface area (Å²) in [5, 5.41) is 10.1. The van der Waals surface area contributed by atoms with Crippen LogP contribution in [0.15, 0.2) is 85.4 Å². The maximum Gasteiger partial charge on any atom is 0.151 e. The second-order valence-electron chi connectivity index (χ2n) is 9.06. The Kier molecular flexibility index (Phi) is 25.5. The molecule has 38 heavy (non-hydrogen) atoms. The Morgan fingerprint density at radius 2 is 1.61 bits per heavy atom. The first-order valence-electron chi connectivity index (χ1n) is 13.3. The first-order chi connectivity index (χ1) is 17.9. The number of hydrogen-bond donors (Lipinski definition) is 1. The zero-order valence-electron chi connectivity index (χ0n) is 26.0. The zero-order chi connectivity index (χ0) is 30.3. The van der Waals surface area contributed by atoms with Crippen LogP contribution in [0.2, 0.25) is 0 Å². The van der Waals surface area contributed by atoms with Gasteiger partial charge in [-0.05, 0) is 56.9 Å². The van der Waals surface area contributed by atoms with E-state index in [1.165, 1.54) is 11.1 Å². The summed E-state index contributed by atoms with van der Waals surface area (Å²) in [6, 6.07) is 8.16. The lowest BCUT2D eigenvalue weighted by atomic mass is 9.99. The standard InChI is InChI=1S/C16H25NO2.C10H15NO.C5H10.C2H6/c1-5-17(3)11-16(18)15-8-6-14(7-9-15)10-13(2)12-19-4;1-6-10(7-12)9(4)11(5)8(2)3;1-4-5(2)3;1-2/h5-9,13,16,18H,1,10-12H2,2-4H3;6-7H,2,4H2,1,3,5H3;2,4H2,1,3H3;1-2H3/b;10-6-;;. The van der Waals surface area contributed by atoms with Crippen LogP contribution in [0.5, 0.6) is 0 Å². The number of rotatable bonds is 13. The molecule has 0 saturated heterocycles. The fourth-order valence-corrected chi connectivity index (χ4v) is 2.80. The number of carbonyl (C=O) groups excluding carboxylic acids is 1. The number of allylic oxidation sites excluding steroid dienone is 4. The van der Waals surface area contributed by atoms with Crippen LogP contribution in [0.3, 0.4) is 0 Å². The van der Waals surface area contributed by atoms with Gasteiger partial charge >= 0.3 is 0 Å². The van der Waals surface area contributed by atoms with Crippen molar-refractivity contribution in [3.63, 3.8) is 0 Å². The molecule has 1 N–H and O–H groups in total. The van der Waals surface area contributed by atoms with E-state index in [4.69, 9.17) is 4.74 Å². The molecule has 0 radical (unpaired) electrons. The van der Waals surface area contributed by atoms with Crippen LogP contribution in [0.25, 0.3) is 0 Å². The second-order valence-corrected chi connectivity index (χ2v) is 9.06. The highest BCUT2D eigenvalue weighted by Gasteiger charge is 2.10. The van der Waals surface area contributed by atoms with E-state index in [1.807, 2.05) is 58.8 Å². The lowest BCUT2D eigenvalue weighted by Crippen LogP contribution is -2.19. The topological polar surface area (TPSA) is 53.0 Å². The highest BCUT2D eigenvalue weighted by Crippen LogP contribution is 2.17. The molecule has 5 nitrogen and oxygen atoms in total. The Hall–Kier alpha value is -2.89. The van der Waals surface area contributed by atoms with E-state index in [0.29, 0.717) is 23.7 Å². The summed E-state index contributed by atoms with van der Waals surface area (Å²) in [6.07, 6.45) is 5.87. The molecule has 216 valence electrons. The van der Waals surface area contributed by atoms with Gasteiger partial charge in [0.05, 0.1) is 6.10 Å². The predicted octanol–water partition coefficient (Wildman–Crippen LogP) is 7.73. The molecule has 0 fully saturated rings. The van der Waals surface area contributed by atoms with Gasteiger partial charge in [-0.25, -0.2) is 0 Å². The molecule has 1 aromatic rings. The van der Waals surface area contributed by atoms with Crippen molar-refractivity contribution in [1.82, 2.24) is 9.80 Å². The molecule has 0 saturated carbocycles. The average Bonchev–Trinajstić information content (AvgIpc) is 2.90. The molecule has 0 aliphatic carbocycles. The van der Waals surface area contributed by atoms with Crippen LogP contribution in [0.1, 0.15) is 72.1 Å². The lowest BCUT2D eigenvalue weighted by Gasteiger charge is -2.21. The molecule has 2 unspecified atom stereocenters. The molecule has 0 amide bonds. The van der Waals surface area contributed by atoms with E-state index in [0.717, 1.165) is 37.0 Å². The number of aliphatic hydroxyl groups is 1. The van der Waals surface area contributed by atoms with Crippen LogP contribution in [-0.2, 0) is 16.0 Å². The SMILES string of the molecule is C=C(C)CC.C=C(C)N(C)C(=C)/C(C=O)=C\C.C=CN(C)CC(O)c1ccc(CC(C)COC)cc1.CC. The number of carbonyl (C=O) groups is 1. The molecule has 2 atom stereocenters. The van der Waals surface area contributed by atoms with Crippen molar-refractivity contribution in [2.75, 3.05) is 34.4 Å². The summed E-state index contributed by atoms with van der Waals surface area (Å²) in [6.45, 7) is 30.2. The molecule has 0 aliphatic heterocycles. The monoisotopic (exact) mass is 528 g/mol. The fraction of sp³-hybridized carbons (Fsp3) is 0.485. The number of likely N-dealkylation sites (N-methyl/N-ethyl adjacent to an activating group) is 2. The predicted molar refractivity (Wildman–Crippen MR) is 167 cm³/mol. The van der Waals surface area contributed by atoms with Crippen LogP contribution >= 0.6 is 0 Å². The highest BCUT2D eigenvalue weighted by atomic mass is 16.5. The van der Waals surface area contributed by atoms with E-state index in [2.05, 4.69) is 52.3 Å². The van der Waals surface area contributed by atoms with Gasteiger partial charge in [0.2, 0.25) is 0 Å². The Morgan fingerprint density at radius 1 is 1.11 bits per heavy atom. The van der Waals surface area contributed by atoms with E-state index in [1.54, 1.807) is 31.2 Å². The molecule has 0 heterocycles. The van der Waals surface area contributed by atoms with Crippen molar-refractivity contribution >= 4 is 6.29 Å². The summed E-state index contributed by atoms with van der Waals surface area (Å²) >= 11 is 0. The molecule has 0 spiro atoms. The number of nitrogens with zero attached hydrogens (tertiary/aromatic N) is 2. The maximum atomic E-state index is 10.5. The van der Waals surface area contributed by atoms with E-state index >= 15 is 0 Å². The molecule has 0 aromatic heterocycles. The number of aliphatic hydroxyl groups excluding tert-OH is 1. The quantitative estimate of drug-likeness (QED) is 0.123. The van der Waals surface area contributed by atoms with Crippen LogP contribution in [-0.4, -0.2) is 55.5 Å². The third kappa shape index (κ3) is 19.3. The zero-order valence-corrected chi connectivity index (χ0v) is 26.0. The van der Waals surface area contributed by atoms with Gasteiger partial charge in [-0.15, -0.1) is 6.58 Å². The molecule has 1 aromatic carbocycles. The van der Waals surface area contributed by atoms with Crippen molar-refractivity contribution in [2.24, 2.45) is 5.92 Å². The first kappa shape index (κ1) is 39.6. The summed E-state index contributed by atoms with van der Waals surface area (Å²) < 4.78 is 5.14. The Labute approximate surface area is 234 Å². The normalized spacial score (nSPS) is 11.5. The van der Waals surface area contributed by atoms with Crippen LogP contribution in [0.4, 0.5) is 0 Å². The van der Waals surface area contributed by atoms with Crippen molar-refractivity contribution in [2.45, 2.75) is 67.4 Å². The van der Waals surface area contributed by atoms with Gasteiger partial charge in [0.1, 0.15) is 0 Å². The minimum absolute atomic E-state index is 0.478. The number of ether oxygens (including phenoxy) is 1. The van der Waals surface area contributed by atoms with Gasteiger partial charge in [0.25, 0.3) is 0 Å². The van der Waals surface area contributed by atoms with Crippen LogP contribution in [0, 0.1) is 5.92 Å². The average molecular weight is 529 g/mol. The largest absolute Gasteiger partial charge is 0.387 e. The van der Waals surface area contributed by atoms with Gasteiger partial charge in [-0.3, -0.25) is 4.79 Å². The maximum absolute atomic E-state index is 10.5. The summed E-state index contributed by atoms with van der Waals surface area (Å²) in [7, 11) is 5.46. The van der Waals surface area contributed by atoms with E-state index < -0.39 is 6.10 Å². The van der Waals surface area contributed by atoms with Crippen molar-refractivity contribution in [1.29, 1.82) is 0 Å². The smallest absolute Gasteiger partial charge is 0.151 e. The molecule has 0 aliphatic rings. The molecular weight excluding hydrogens is 472 g/mol. The minimum Gasteiger partial charge on any atom is -0.387 e. The Morgan fingerprint density at radius 3 is 1.95 bits per heavy atom. The second kappa shape index (κ2) is 24.4. The van der Waals surface area contributed by atoms with E-state index in [-0.39, 0.29) is 0 Å². The molecular formula is C33H56N2O3. The fourth-order valence-electron chi connectivity index (χ4n) is 2.80. The van der Waals surface area contributed by atoms with Crippen LogP contribution < -0.4 is 0 Å². The van der Waals surface area contributed by atoms with Gasteiger partial charge in [-0.1, -0.05) is 83.3 Å². The summed E-state index contributed by atoms with van der Waals surface area (Å²) in [5.41, 5.74) is 5.61.